The fraction of sp³-hybridized carbons (Fsp3) is 0.222. The number of nitrogens with two attached hydrogens (primary N) is 1. The van der Waals surface area contributed by atoms with Gasteiger partial charge >= 0.3 is 0 Å². The maximum absolute atomic E-state index is 11.0. The Morgan fingerprint density at radius 3 is 2.67 bits per heavy atom. The molecular formula is C9H11N5O. The number of aromatic amines is 1. The van der Waals surface area contributed by atoms with E-state index in [2.05, 4.69) is 15.3 Å². The fourth-order valence-corrected chi connectivity index (χ4v) is 1.38. The largest absolute Gasteiger partial charge is 0.394 e. The molecule has 0 bridgehead atoms. The molecule has 15 heavy (non-hydrogen) atoms. The summed E-state index contributed by atoms with van der Waals surface area (Å²) in [6, 6.07) is 3.42. The molecule has 78 valence electrons. The summed E-state index contributed by atoms with van der Waals surface area (Å²) < 4.78 is 1.63. The summed E-state index contributed by atoms with van der Waals surface area (Å²) in [5.74, 6) is 0.512. The van der Waals surface area contributed by atoms with Crippen LogP contribution in [0.5, 0.6) is 0 Å². The van der Waals surface area contributed by atoms with Crippen molar-refractivity contribution in [2.24, 2.45) is 0 Å². The molecule has 2 aromatic heterocycles. The Kier molecular flexibility index (Phi) is 2.03. The summed E-state index contributed by atoms with van der Waals surface area (Å²) in [6.45, 7) is 3.79. The van der Waals surface area contributed by atoms with E-state index in [1.165, 1.54) is 6.07 Å². The molecular weight excluding hydrogens is 194 g/mol. The van der Waals surface area contributed by atoms with Gasteiger partial charge < -0.3 is 5.73 Å². The highest BCUT2D eigenvalue weighted by Gasteiger charge is 2.06. The molecule has 0 unspecified atom stereocenters. The van der Waals surface area contributed by atoms with Crippen LogP contribution in [0.1, 0.15) is 11.4 Å². The standard InChI is InChI=1S/C9H11N5O/c1-5-3-6(2)14(13-5)8-4-7(10)9(15)12-11-8/h3-4H,1-2H3,(H2,10,11)(H,12,15). The highest BCUT2D eigenvalue weighted by Crippen LogP contribution is 2.08. The summed E-state index contributed by atoms with van der Waals surface area (Å²) in [6.07, 6.45) is 0. The first-order chi connectivity index (χ1) is 7.08. The van der Waals surface area contributed by atoms with Gasteiger partial charge in [0, 0.05) is 11.8 Å². The number of nitrogens with one attached hydrogen (secondary N) is 1. The minimum atomic E-state index is -0.389. The topological polar surface area (TPSA) is 89.6 Å². The zero-order valence-electron chi connectivity index (χ0n) is 8.48. The summed E-state index contributed by atoms with van der Waals surface area (Å²) in [5, 5.41) is 10.4. The van der Waals surface area contributed by atoms with E-state index in [-0.39, 0.29) is 11.2 Å². The van der Waals surface area contributed by atoms with Crippen molar-refractivity contribution in [3.8, 4) is 5.82 Å². The van der Waals surface area contributed by atoms with Crippen molar-refractivity contribution in [2.45, 2.75) is 13.8 Å². The van der Waals surface area contributed by atoms with Crippen LogP contribution in [-0.2, 0) is 0 Å². The Morgan fingerprint density at radius 2 is 2.13 bits per heavy atom. The number of aryl methyl sites for hydroxylation is 2. The third-order valence-corrected chi connectivity index (χ3v) is 2.05. The normalized spacial score (nSPS) is 10.5. The van der Waals surface area contributed by atoms with Crippen molar-refractivity contribution >= 4 is 5.69 Å². The van der Waals surface area contributed by atoms with E-state index in [9.17, 15) is 4.79 Å². The van der Waals surface area contributed by atoms with E-state index < -0.39 is 0 Å². The van der Waals surface area contributed by atoms with Gasteiger partial charge in [-0.2, -0.15) is 10.2 Å². The lowest BCUT2D eigenvalue weighted by Crippen LogP contribution is -2.16. The van der Waals surface area contributed by atoms with E-state index in [0.29, 0.717) is 5.82 Å². The predicted octanol–water partition coefficient (Wildman–Crippen LogP) is 0.155. The van der Waals surface area contributed by atoms with Crippen LogP contribution >= 0.6 is 0 Å². The molecule has 0 aliphatic carbocycles. The molecule has 0 saturated heterocycles. The molecule has 6 heteroatoms. The number of hydrogen-bond acceptors (Lipinski definition) is 4. The van der Waals surface area contributed by atoms with E-state index in [1.54, 1.807) is 4.68 Å². The van der Waals surface area contributed by atoms with Crippen molar-refractivity contribution in [2.75, 3.05) is 5.73 Å². The van der Waals surface area contributed by atoms with Crippen LogP contribution in [0.15, 0.2) is 16.9 Å². The summed E-state index contributed by atoms with van der Waals surface area (Å²) >= 11 is 0. The Morgan fingerprint density at radius 1 is 1.40 bits per heavy atom. The molecule has 6 nitrogen and oxygen atoms in total. The van der Waals surface area contributed by atoms with Crippen molar-refractivity contribution in [3.05, 3.63) is 33.9 Å². The number of aromatic nitrogens is 4. The van der Waals surface area contributed by atoms with Gasteiger partial charge in [-0.05, 0) is 19.9 Å². The lowest BCUT2D eigenvalue weighted by Gasteiger charge is -2.02. The van der Waals surface area contributed by atoms with Gasteiger partial charge in [0.2, 0.25) is 0 Å². The van der Waals surface area contributed by atoms with Gasteiger partial charge in [-0.25, -0.2) is 9.78 Å². The molecule has 0 aliphatic heterocycles. The first-order valence-electron chi connectivity index (χ1n) is 4.47. The Balaban J connectivity index is 2.59. The monoisotopic (exact) mass is 205 g/mol. The zero-order chi connectivity index (χ0) is 11.0. The maximum atomic E-state index is 11.0. The first kappa shape index (κ1) is 9.45. The molecule has 0 amide bonds. The van der Waals surface area contributed by atoms with Crippen LogP contribution in [-0.4, -0.2) is 20.0 Å². The summed E-state index contributed by atoms with van der Waals surface area (Å²) in [7, 11) is 0. The van der Waals surface area contributed by atoms with Gasteiger partial charge in [0.15, 0.2) is 5.82 Å². The van der Waals surface area contributed by atoms with Crippen LogP contribution in [0.4, 0.5) is 5.69 Å². The average molecular weight is 205 g/mol. The molecule has 2 rings (SSSR count). The van der Waals surface area contributed by atoms with Crippen molar-refractivity contribution in [1.29, 1.82) is 0 Å². The molecule has 0 aromatic carbocycles. The van der Waals surface area contributed by atoms with Crippen LogP contribution in [0.3, 0.4) is 0 Å². The molecule has 0 atom stereocenters. The smallest absolute Gasteiger partial charge is 0.287 e. The minimum absolute atomic E-state index is 0.132. The third kappa shape index (κ3) is 1.61. The van der Waals surface area contributed by atoms with Crippen molar-refractivity contribution < 1.29 is 0 Å². The second-order valence-electron chi connectivity index (χ2n) is 3.35. The first-order valence-corrected chi connectivity index (χ1v) is 4.47. The third-order valence-electron chi connectivity index (χ3n) is 2.05. The summed E-state index contributed by atoms with van der Waals surface area (Å²) in [5.41, 5.74) is 7.06. The van der Waals surface area contributed by atoms with Gasteiger partial charge in [0.1, 0.15) is 5.69 Å². The quantitative estimate of drug-likeness (QED) is 0.693. The highest BCUT2D eigenvalue weighted by molar-refractivity contribution is 5.40. The molecule has 2 heterocycles. The molecule has 2 aromatic rings. The van der Waals surface area contributed by atoms with Crippen LogP contribution in [0.25, 0.3) is 5.82 Å². The molecule has 3 N–H and O–H groups in total. The average Bonchev–Trinajstić information content (AvgIpc) is 2.50. The Labute approximate surface area is 85.7 Å². The predicted molar refractivity (Wildman–Crippen MR) is 55.9 cm³/mol. The molecule has 0 saturated carbocycles. The SMILES string of the molecule is Cc1cc(C)n(-c2cc(N)c(=O)[nH]n2)n1. The van der Waals surface area contributed by atoms with Gasteiger partial charge in [0.05, 0.1) is 5.69 Å². The van der Waals surface area contributed by atoms with Crippen LogP contribution in [0.2, 0.25) is 0 Å². The number of hydrogen-bond donors (Lipinski definition) is 2. The Hall–Kier alpha value is -2.11. The lowest BCUT2D eigenvalue weighted by atomic mass is 10.4. The fourth-order valence-electron chi connectivity index (χ4n) is 1.38. The van der Waals surface area contributed by atoms with Crippen LogP contribution in [0, 0.1) is 13.8 Å². The minimum Gasteiger partial charge on any atom is -0.394 e. The van der Waals surface area contributed by atoms with Gasteiger partial charge in [-0.1, -0.05) is 0 Å². The molecule has 0 radical (unpaired) electrons. The number of anilines is 1. The zero-order valence-corrected chi connectivity index (χ0v) is 8.48. The van der Waals surface area contributed by atoms with Crippen LogP contribution < -0.4 is 11.3 Å². The van der Waals surface area contributed by atoms with E-state index in [0.717, 1.165) is 11.4 Å². The second kappa shape index (κ2) is 3.23. The molecule has 0 aliphatic rings. The van der Waals surface area contributed by atoms with E-state index in [1.807, 2.05) is 19.9 Å². The Bertz CT molecular complexity index is 554. The van der Waals surface area contributed by atoms with E-state index in [4.69, 9.17) is 5.73 Å². The van der Waals surface area contributed by atoms with Crippen molar-refractivity contribution in [3.63, 3.8) is 0 Å². The number of H-pyrrole nitrogens is 1. The van der Waals surface area contributed by atoms with Gasteiger partial charge in [0.25, 0.3) is 5.56 Å². The van der Waals surface area contributed by atoms with Gasteiger partial charge in [-0.15, -0.1) is 0 Å². The number of nitrogens with zero attached hydrogens (tertiary/aromatic N) is 3. The highest BCUT2D eigenvalue weighted by atomic mass is 16.1. The molecule has 0 spiro atoms. The maximum Gasteiger partial charge on any atom is 0.287 e. The molecule has 0 fully saturated rings. The van der Waals surface area contributed by atoms with Gasteiger partial charge in [-0.3, -0.25) is 4.79 Å². The van der Waals surface area contributed by atoms with Crippen molar-refractivity contribution in [1.82, 2.24) is 20.0 Å². The number of rotatable bonds is 1. The number of nitrogen functional groups attached to an aromatic ring is 1. The summed E-state index contributed by atoms with van der Waals surface area (Å²) in [4.78, 5) is 11.0. The lowest BCUT2D eigenvalue weighted by molar-refractivity contribution is 0.777. The van der Waals surface area contributed by atoms with E-state index >= 15 is 0 Å². The second-order valence-corrected chi connectivity index (χ2v) is 3.35.